The molecule has 0 unspecified atom stereocenters. The molecule has 0 bridgehead atoms. The van der Waals surface area contributed by atoms with Crippen molar-refractivity contribution in [3.8, 4) is 0 Å². The third-order valence-corrected chi connectivity index (χ3v) is 2.47. The quantitative estimate of drug-likeness (QED) is 0.786. The fourth-order valence-electron chi connectivity index (χ4n) is 1.03. The highest BCUT2D eigenvalue weighted by Gasteiger charge is 2.08. The fourth-order valence-corrected chi connectivity index (χ4v) is 1.95. The first-order valence-electron chi connectivity index (χ1n) is 4.19. The summed E-state index contributed by atoms with van der Waals surface area (Å²) in [6.07, 6.45) is 0. The number of carboxylic acid groups (broad SMARTS) is 1. The molecule has 0 aromatic heterocycles. The lowest BCUT2D eigenvalue weighted by atomic mass is 10.2. The number of rotatable bonds is 3. The van der Waals surface area contributed by atoms with Crippen molar-refractivity contribution in [1.82, 2.24) is 0 Å². The van der Waals surface area contributed by atoms with Gasteiger partial charge in [0.2, 0.25) is 0 Å². The van der Waals surface area contributed by atoms with Gasteiger partial charge in [0.05, 0.1) is 5.56 Å². The Morgan fingerprint density at radius 2 is 2.07 bits per heavy atom. The Labute approximate surface area is 86.1 Å². The lowest BCUT2D eigenvalue weighted by Gasteiger charge is -2.05. The number of carbonyl (C=O) groups is 1. The second kappa shape index (κ2) is 4.46. The third kappa shape index (κ3) is 3.03. The molecular formula is C10H11FO2S. The van der Waals surface area contributed by atoms with Crippen molar-refractivity contribution in [1.29, 1.82) is 0 Å². The van der Waals surface area contributed by atoms with E-state index < -0.39 is 11.8 Å². The Hall–Kier alpha value is -1.03. The van der Waals surface area contributed by atoms with Crippen LogP contribution in [-0.4, -0.2) is 16.3 Å². The van der Waals surface area contributed by atoms with Gasteiger partial charge in [0.15, 0.2) is 0 Å². The van der Waals surface area contributed by atoms with E-state index in [9.17, 15) is 9.18 Å². The molecule has 0 aliphatic heterocycles. The number of thioether (sulfide) groups is 1. The summed E-state index contributed by atoms with van der Waals surface area (Å²) in [5.74, 6) is -1.61. The van der Waals surface area contributed by atoms with E-state index in [0.717, 1.165) is 6.07 Å². The zero-order chi connectivity index (χ0) is 10.7. The lowest BCUT2D eigenvalue weighted by Crippen LogP contribution is -1.98. The zero-order valence-electron chi connectivity index (χ0n) is 7.95. The molecule has 0 saturated heterocycles. The van der Waals surface area contributed by atoms with Crippen LogP contribution < -0.4 is 0 Å². The van der Waals surface area contributed by atoms with E-state index in [1.807, 2.05) is 13.8 Å². The summed E-state index contributed by atoms with van der Waals surface area (Å²) < 4.78 is 13.0. The van der Waals surface area contributed by atoms with E-state index in [1.165, 1.54) is 23.9 Å². The molecule has 4 heteroatoms. The van der Waals surface area contributed by atoms with Crippen LogP contribution in [0.4, 0.5) is 4.39 Å². The topological polar surface area (TPSA) is 37.3 Å². The summed E-state index contributed by atoms with van der Waals surface area (Å²) in [6.45, 7) is 3.94. The van der Waals surface area contributed by atoms with Crippen LogP contribution in [0.5, 0.6) is 0 Å². The molecular weight excluding hydrogens is 203 g/mol. The summed E-state index contributed by atoms with van der Waals surface area (Å²) in [6, 6.07) is 3.85. The van der Waals surface area contributed by atoms with Gasteiger partial charge in [-0.25, -0.2) is 9.18 Å². The van der Waals surface area contributed by atoms with Gasteiger partial charge in [0.1, 0.15) is 5.82 Å². The van der Waals surface area contributed by atoms with Gasteiger partial charge in [0, 0.05) is 10.1 Å². The number of hydrogen-bond donors (Lipinski definition) is 1. The van der Waals surface area contributed by atoms with Crippen LogP contribution in [0.2, 0.25) is 0 Å². The molecule has 0 spiro atoms. The van der Waals surface area contributed by atoms with E-state index in [1.54, 1.807) is 0 Å². The van der Waals surface area contributed by atoms with E-state index in [-0.39, 0.29) is 5.56 Å². The van der Waals surface area contributed by atoms with Crippen molar-refractivity contribution in [2.45, 2.75) is 24.0 Å². The molecule has 0 saturated carbocycles. The van der Waals surface area contributed by atoms with Gasteiger partial charge in [-0.05, 0) is 18.2 Å². The molecule has 0 heterocycles. The van der Waals surface area contributed by atoms with Crippen molar-refractivity contribution in [2.24, 2.45) is 0 Å². The standard InChI is InChI=1S/C10H11FO2S/c1-6(2)14-9-4-7(10(12)13)3-8(11)5-9/h3-6H,1-2H3,(H,12,13). The molecule has 1 aromatic rings. The molecule has 1 N–H and O–H groups in total. The average Bonchev–Trinajstić information content (AvgIpc) is 2.01. The smallest absolute Gasteiger partial charge is 0.335 e. The van der Waals surface area contributed by atoms with Crippen molar-refractivity contribution in [2.75, 3.05) is 0 Å². The maximum Gasteiger partial charge on any atom is 0.335 e. The number of benzene rings is 1. The molecule has 0 aliphatic carbocycles. The fraction of sp³-hybridized carbons (Fsp3) is 0.300. The van der Waals surface area contributed by atoms with Gasteiger partial charge in [-0.1, -0.05) is 13.8 Å². The average molecular weight is 214 g/mol. The lowest BCUT2D eigenvalue weighted by molar-refractivity contribution is 0.0696. The first-order valence-corrected chi connectivity index (χ1v) is 5.07. The van der Waals surface area contributed by atoms with Gasteiger partial charge in [-0.15, -0.1) is 11.8 Å². The SMILES string of the molecule is CC(C)Sc1cc(F)cc(C(=O)O)c1. The Balaban J connectivity index is 3.01. The molecule has 0 amide bonds. The van der Waals surface area contributed by atoms with Gasteiger partial charge in [0.25, 0.3) is 0 Å². The summed E-state index contributed by atoms with van der Waals surface area (Å²) in [5, 5.41) is 9.00. The molecule has 0 atom stereocenters. The summed E-state index contributed by atoms with van der Waals surface area (Å²) in [4.78, 5) is 11.3. The van der Waals surface area contributed by atoms with Crippen molar-refractivity contribution in [3.63, 3.8) is 0 Å². The van der Waals surface area contributed by atoms with Crippen molar-refractivity contribution < 1.29 is 14.3 Å². The van der Waals surface area contributed by atoms with Crippen molar-refractivity contribution in [3.05, 3.63) is 29.6 Å². The number of halogens is 1. The third-order valence-electron chi connectivity index (χ3n) is 1.49. The highest BCUT2D eigenvalue weighted by Crippen LogP contribution is 2.24. The highest BCUT2D eigenvalue weighted by atomic mass is 32.2. The normalized spacial score (nSPS) is 10.6. The molecule has 1 rings (SSSR count). The van der Waals surface area contributed by atoms with Gasteiger partial charge >= 0.3 is 5.97 Å². The molecule has 0 fully saturated rings. The number of hydrogen-bond acceptors (Lipinski definition) is 2. The maximum absolute atomic E-state index is 13.0. The van der Waals surface area contributed by atoms with Gasteiger partial charge in [-0.2, -0.15) is 0 Å². The van der Waals surface area contributed by atoms with E-state index >= 15 is 0 Å². The molecule has 76 valence electrons. The van der Waals surface area contributed by atoms with Crippen LogP contribution in [0, 0.1) is 5.82 Å². The molecule has 0 aliphatic rings. The van der Waals surface area contributed by atoms with E-state index in [0.29, 0.717) is 10.1 Å². The Kier molecular flexibility index (Phi) is 3.52. The summed E-state index contributed by atoms with van der Waals surface area (Å²) >= 11 is 1.44. The van der Waals surface area contributed by atoms with Crippen LogP contribution in [0.3, 0.4) is 0 Å². The summed E-state index contributed by atoms with van der Waals surface area (Å²) in [5.41, 5.74) is -0.00634. The minimum absolute atomic E-state index is 0.00634. The highest BCUT2D eigenvalue weighted by molar-refractivity contribution is 7.99. The monoisotopic (exact) mass is 214 g/mol. The Morgan fingerprint density at radius 3 is 2.57 bits per heavy atom. The Bertz CT molecular complexity index is 350. The molecule has 0 radical (unpaired) electrons. The molecule has 1 aromatic carbocycles. The van der Waals surface area contributed by atoms with Crippen LogP contribution in [-0.2, 0) is 0 Å². The predicted octanol–water partition coefficient (Wildman–Crippen LogP) is 3.02. The molecule has 2 nitrogen and oxygen atoms in total. The predicted molar refractivity (Wildman–Crippen MR) is 54.4 cm³/mol. The second-order valence-electron chi connectivity index (χ2n) is 3.15. The second-order valence-corrected chi connectivity index (χ2v) is 4.80. The van der Waals surface area contributed by atoms with E-state index in [4.69, 9.17) is 5.11 Å². The maximum atomic E-state index is 13.0. The first kappa shape index (κ1) is 11.0. The van der Waals surface area contributed by atoms with Gasteiger partial charge in [-0.3, -0.25) is 0 Å². The Morgan fingerprint density at radius 1 is 1.43 bits per heavy atom. The zero-order valence-corrected chi connectivity index (χ0v) is 8.77. The summed E-state index contributed by atoms with van der Waals surface area (Å²) in [7, 11) is 0. The minimum Gasteiger partial charge on any atom is -0.478 e. The largest absolute Gasteiger partial charge is 0.478 e. The first-order chi connectivity index (χ1) is 6.49. The van der Waals surface area contributed by atoms with Crippen LogP contribution in [0.25, 0.3) is 0 Å². The van der Waals surface area contributed by atoms with Crippen LogP contribution in [0.15, 0.2) is 23.1 Å². The van der Waals surface area contributed by atoms with E-state index in [2.05, 4.69) is 0 Å². The van der Waals surface area contributed by atoms with Crippen molar-refractivity contribution >= 4 is 17.7 Å². The minimum atomic E-state index is -1.10. The number of carboxylic acids is 1. The van der Waals surface area contributed by atoms with Crippen LogP contribution in [0.1, 0.15) is 24.2 Å². The number of aromatic carboxylic acids is 1. The van der Waals surface area contributed by atoms with Crippen LogP contribution >= 0.6 is 11.8 Å². The molecule has 14 heavy (non-hydrogen) atoms. The van der Waals surface area contributed by atoms with Gasteiger partial charge < -0.3 is 5.11 Å².